The fourth-order valence-corrected chi connectivity index (χ4v) is 4.11. The van der Waals surface area contributed by atoms with Gasteiger partial charge in [-0.25, -0.2) is 9.78 Å². The van der Waals surface area contributed by atoms with Crippen LogP contribution in [0, 0.1) is 0 Å². The maximum atomic E-state index is 12.7. The van der Waals surface area contributed by atoms with Crippen LogP contribution < -0.4 is 0 Å². The third kappa shape index (κ3) is 2.97. The highest BCUT2D eigenvalue weighted by molar-refractivity contribution is 7.13. The Morgan fingerprint density at radius 3 is 2.80 bits per heavy atom. The molecule has 7 nitrogen and oxygen atoms in total. The van der Waals surface area contributed by atoms with Crippen molar-refractivity contribution in [2.24, 2.45) is 0 Å². The van der Waals surface area contributed by atoms with Crippen LogP contribution in [0.3, 0.4) is 0 Å². The zero-order valence-electron chi connectivity index (χ0n) is 13.8. The number of hydrogen-bond acceptors (Lipinski definition) is 6. The van der Waals surface area contributed by atoms with E-state index in [4.69, 9.17) is 4.74 Å². The first-order valence-corrected chi connectivity index (χ1v) is 9.04. The molecule has 2 aliphatic rings. The fraction of sp³-hybridized carbons (Fsp3) is 0.412. The van der Waals surface area contributed by atoms with Crippen molar-refractivity contribution in [3.63, 3.8) is 0 Å². The number of nitrogens with zero attached hydrogens (tertiary/aromatic N) is 4. The number of piperidine rings is 1. The molecule has 0 aromatic carbocycles. The minimum Gasteiger partial charge on any atom is -0.441 e. The summed E-state index contributed by atoms with van der Waals surface area (Å²) in [7, 11) is 1.74. The van der Waals surface area contributed by atoms with Gasteiger partial charge in [0.2, 0.25) is 0 Å². The third-order valence-electron chi connectivity index (χ3n) is 4.73. The summed E-state index contributed by atoms with van der Waals surface area (Å²) < 4.78 is 5.53. The number of hydrogen-bond donors (Lipinski definition) is 0. The van der Waals surface area contributed by atoms with E-state index in [1.54, 1.807) is 34.6 Å². The smallest absolute Gasteiger partial charge is 0.410 e. The fourth-order valence-electron chi connectivity index (χ4n) is 3.33. The van der Waals surface area contributed by atoms with Gasteiger partial charge in [-0.1, -0.05) is 0 Å². The highest BCUT2D eigenvalue weighted by atomic mass is 32.1. The molecule has 2 amide bonds. The summed E-state index contributed by atoms with van der Waals surface area (Å²) in [6.45, 7) is 1.73. The van der Waals surface area contributed by atoms with Gasteiger partial charge in [0, 0.05) is 56.3 Å². The summed E-state index contributed by atoms with van der Waals surface area (Å²) >= 11 is 1.44. The van der Waals surface area contributed by atoms with Gasteiger partial charge < -0.3 is 14.5 Å². The number of likely N-dealkylation sites (N-methyl/N-ethyl adjacent to an activating group) is 1. The van der Waals surface area contributed by atoms with Gasteiger partial charge in [-0.3, -0.25) is 9.78 Å². The van der Waals surface area contributed by atoms with Gasteiger partial charge in [0.05, 0.1) is 6.54 Å². The highest BCUT2D eigenvalue weighted by Crippen LogP contribution is 2.33. The van der Waals surface area contributed by atoms with Crippen molar-refractivity contribution in [3.05, 3.63) is 35.6 Å². The summed E-state index contributed by atoms with van der Waals surface area (Å²) in [6, 6.07) is 3.78. The summed E-state index contributed by atoms with van der Waals surface area (Å²) in [5, 5.41) is 2.58. The minimum atomic E-state index is -0.439. The summed E-state index contributed by atoms with van der Waals surface area (Å²) in [5.41, 5.74) is 0.927. The number of ether oxygens (including phenoxy) is 1. The quantitative estimate of drug-likeness (QED) is 0.823. The first-order valence-electron chi connectivity index (χ1n) is 8.16. The topological polar surface area (TPSA) is 75.6 Å². The van der Waals surface area contributed by atoms with Crippen LogP contribution in [0.4, 0.5) is 4.79 Å². The van der Waals surface area contributed by atoms with Gasteiger partial charge >= 0.3 is 6.09 Å². The third-order valence-corrected chi connectivity index (χ3v) is 5.63. The van der Waals surface area contributed by atoms with Crippen LogP contribution in [0.25, 0.3) is 10.6 Å². The van der Waals surface area contributed by atoms with E-state index in [0.29, 0.717) is 38.2 Å². The van der Waals surface area contributed by atoms with Crippen molar-refractivity contribution in [3.8, 4) is 10.6 Å². The van der Waals surface area contributed by atoms with E-state index in [0.717, 1.165) is 10.6 Å². The Balaban J connectivity index is 1.43. The van der Waals surface area contributed by atoms with E-state index in [1.165, 1.54) is 11.3 Å². The number of thiazole rings is 1. The first kappa shape index (κ1) is 16.0. The Labute approximate surface area is 149 Å². The van der Waals surface area contributed by atoms with E-state index >= 15 is 0 Å². The number of carbonyl (C=O) groups is 2. The molecule has 130 valence electrons. The number of pyridine rings is 1. The molecule has 0 radical (unpaired) electrons. The van der Waals surface area contributed by atoms with Crippen LogP contribution in [0.1, 0.15) is 23.3 Å². The summed E-state index contributed by atoms with van der Waals surface area (Å²) in [5.74, 6) is -0.0704. The van der Waals surface area contributed by atoms with Crippen LogP contribution in [-0.2, 0) is 4.74 Å². The number of aromatic nitrogens is 2. The van der Waals surface area contributed by atoms with Crippen LogP contribution in [0.2, 0.25) is 0 Å². The zero-order valence-corrected chi connectivity index (χ0v) is 14.7. The van der Waals surface area contributed by atoms with Gasteiger partial charge in [0.15, 0.2) is 0 Å². The van der Waals surface area contributed by atoms with Crippen molar-refractivity contribution < 1.29 is 14.3 Å². The summed E-state index contributed by atoms with van der Waals surface area (Å²) in [6.07, 6.45) is 4.49. The second kappa shape index (κ2) is 6.11. The second-order valence-electron chi connectivity index (χ2n) is 6.48. The van der Waals surface area contributed by atoms with E-state index in [9.17, 15) is 9.59 Å². The average Bonchev–Trinajstić information content (AvgIpc) is 3.22. The molecule has 0 bridgehead atoms. The molecular formula is C17H18N4O3S. The maximum Gasteiger partial charge on any atom is 0.410 e. The van der Waals surface area contributed by atoms with E-state index in [2.05, 4.69) is 9.97 Å². The standard InChI is InChI=1S/C17H18N4O3S/c1-20-11-17(24-16(20)23)4-7-21(8-5-17)15(22)13-10-25-14(19-13)12-3-2-6-18-9-12/h2-3,6,9-10H,4-5,7-8,11H2,1H3. The van der Waals surface area contributed by atoms with Crippen molar-refractivity contribution in [2.45, 2.75) is 18.4 Å². The molecule has 1 spiro atoms. The van der Waals surface area contributed by atoms with Gasteiger partial charge in [0.25, 0.3) is 5.91 Å². The molecule has 2 aromatic heterocycles. The molecule has 2 aromatic rings. The lowest BCUT2D eigenvalue weighted by Gasteiger charge is -2.37. The van der Waals surface area contributed by atoms with Crippen molar-refractivity contribution in [1.29, 1.82) is 0 Å². The van der Waals surface area contributed by atoms with Crippen molar-refractivity contribution in [1.82, 2.24) is 19.8 Å². The molecule has 0 N–H and O–H groups in total. The molecule has 2 saturated heterocycles. The van der Waals surface area contributed by atoms with E-state index in [1.807, 2.05) is 12.1 Å². The molecule has 8 heteroatoms. The predicted octanol–water partition coefficient (Wildman–Crippen LogP) is 2.26. The molecule has 0 atom stereocenters. The largest absolute Gasteiger partial charge is 0.441 e. The van der Waals surface area contributed by atoms with Crippen LogP contribution in [0.5, 0.6) is 0 Å². The SMILES string of the molecule is CN1CC2(CCN(C(=O)c3csc(-c4cccnc4)n3)CC2)OC1=O. The normalized spacial score (nSPS) is 19.3. The van der Waals surface area contributed by atoms with Crippen LogP contribution in [0.15, 0.2) is 29.9 Å². The molecule has 0 aliphatic carbocycles. The highest BCUT2D eigenvalue weighted by Gasteiger charge is 2.46. The molecule has 2 aliphatic heterocycles. The van der Waals surface area contributed by atoms with Gasteiger partial charge in [0.1, 0.15) is 16.3 Å². The van der Waals surface area contributed by atoms with Gasteiger partial charge in [-0.15, -0.1) is 11.3 Å². The second-order valence-corrected chi connectivity index (χ2v) is 7.34. The number of likely N-dealkylation sites (tertiary alicyclic amines) is 1. The van der Waals surface area contributed by atoms with E-state index < -0.39 is 5.60 Å². The Kier molecular flexibility index (Phi) is 3.91. The summed E-state index contributed by atoms with van der Waals surface area (Å²) in [4.78, 5) is 36.3. The molecule has 0 saturated carbocycles. The zero-order chi connectivity index (χ0) is 17.4. The lowest BCUT2D eigenvalue weighted by molar-refractivity contribution is 0.00303. The van der Waals surface area contributed by atoms with Crippen molar-refractivity contribution in [2.75, 3.05) is 26.7 Å². The Bertz CT molecular complexity index is 799. The Morgan fingerprint density at radius 1 is 1.36 bits per heavy atom. The lowest BCUT2D eigenvalue weighted by atomic mass is 9.91. The van der Waals surface area contributed by atoms with Crippen LogP contribution in [-0.4, -0.2) is 64.1 Å². The molecular weight excluding hydrogens is 340 g/mol. The minimum absolute atomic E-state index is 0.0704. The number of amides is 2. The molecule has 0 unspecified atom stereocenters. The first-order chi connectivity index (χ1) is 12.1. The Hall–Kier alpha value is -2.48. The number of carbonyl (C=O) groups excluding carboxylic acids is 2. The Morgan fingerprint density at radius 2 is 2.16 bits per heavy atom. The number of rotatable bonds is 2. The van der Waals surface area contributed by atoms with Crippen molar-refractivity contribution >= 4 is 23.3 Å². The monoisotopic (exact) mass is 358 g/mol. The van der Waals surface area contributed by atoms with Gasteiger partial charge in [-0.2, -0.15) is 0 Å². The maximum absolute atomic E-state index is 12.7. The van der Waals surface area contributed by atoms with Gasteiger partial charge in [-0.05, 0) is 12.1 Å². The van der Waals surface area contributed by atoms with Crippen LogP contribution >= 0.6 is 11.3 Å². The molecule has 2 fully saturated rings. The average molecular weight is 358 g/mol. The molecule has 4 heterocycles. The van der Waals surface area contributed by atoms with E-state index in [-0.39, 0.29) is 12.0 Å². The predicted molar refractivity (Wildman–Crippen MR) is 92.3 cm³/mol. The molecule has 4 rings (SSSR count). The molecule has 25 heavy (non-hydrogen) atoms. The lowest BCUT2D eigenvalue weighted by Crippen LogP contribution is -2.48.